The topological polar surface area (TPSA) is 46.3 Å². The number of carbonyl (C=O) groups is 1. The van der Waals surface area contributed by atoms with Crippen molar-refractivity contribution in [3.8, 4) is 0 Å². The Morgan fingerprint density at radius 2 is 1.85 bits per heavy atom. The summed E-state index contributed by atoms with van der Waals surface area (Å²) in [7, 11) is 1.83. The van der Waals surface area contributed by atoms with Crippen molar-refractivity contribution in [3.63, 3.8) is 0 Å². The first-order valence-corrected chi connectivity index (χ1v) is 7.41. The van der Waals surface area contributed by atoms with Gasteiger partial charge in [0.25, 0.3) is 5.91 Å². The molecule has 0 spiro atoms. The molecule has 1 amide bonds. The van der Waals surface area contributed by atoms with Gasteiger partial charge in [-0.05, 0) is 32.4 Å². The Hall–Kier alpha value is -1.81. The maximum atomic E-state index is 12.5. The van der Waals surface area contributed by atoms with Gasteiger partial charge in [-0.25, -0.2) is 0 Å². The van der Waals surface area contributed by atoms with Crippen LogP contribution in [0.1, 0.15) is 38.6 Å². The predicted molar refractivity (Wildman–Crippen MR) is 85.2 cm³/mol. The number of nitrogens with two attached hydrogens (primary N) is 1. The van der Waals surface area contributed by atoms with Crippen LogP contribution in [0.3, 0.4) is 0 Å². The Labute approximate surface area is 124 Å². The number of amides is 1. The van der Waals surface area contributed by atoms with Gasteiger partial charge in [-0.15, -0.1) is 11.3 Å². The molecule has 0 saturated heterocycles. The van der Waals surface area contributed by atoms with Gasteiger partial charge in [0.1, 0.15) is 0 Å². The highest BCUT2D eigenvalue weighted by molar-refractivity contribution is 7.14. The lowest BCUT2D eigenvalue weighted by atomic mass is 10.1. The molecule has 0 aliphatic carbocycles. The Morgan fingerprint density at radius 3 is 2.35 bits per heavy atom. The molecule has 0 radical (unpaired) electrons. The van der Waals surface area contributed by atoms with Gasteiger partial charge in [0.05, 0.1) is 10.9 Å². The molecular formula is C16H20N2OS. The highest BCUT2D eigenvalue weighted by atomic mass is 32.1. The zero-order valence-corrected chi connectivity index (χ0v) is 13.1. The van der Waals surface area contributed by atoms with Gasteiger partial charge in [0, 0.05) is 17.6 Å². The molecule has 0 aliphatic rings. The number of hydrogen-bond donors (Lipinski definition) is 1. The summed E-state index contributed by atoms with van der Waals surface area (Å²) >= 11 is 1.45. The summed E-state index contributed by atoms with van der Waals surface area (Å²) in [6, 6.07) is 10.1. The van der Waals surface area contributed by atoms with Gasteiger partial charge < -0.3 is 10.6 Å². The highest BCUT2D eigenvalue weighted by Gasteiger charge is 2.20. The maximum Gasteiger partial charge on any atom is 0.264 e. The van der Waals surface area contributed by atoms with E-state index in [2.05, 4.69) is 31.2 Å². The second kappa shape index (κ2) is 5.67. The fourth-order valence-electron chi connectivity index (χ4n) is 2.02. The van der Waals surface area contributed by atoms with Gasteiger partial charge in [0.2, 0.25) is 0 Å². The van der Waals surface area contributed by atoms with Gasteiger partial charge in [-0.2, -0.15) is 0 Å². The minimum Gasteiger partial charge on any atom is -0.398 e. The first-order valence-electron chi connectivity index (χ1n) is 6.59. The number of nitrogen functional groups attached to an aromatic ring is 1. The third kappa shape index (κ3) is 2.85. The second-order valence-corrected chi connectivity index (χ2v) is 6.38. The monoisotopic (exact) mass is 288 g/mol. The van der Waals surface area contributed by atoms with E-state index in [1.165, 1.54) is 16.9 Å². The van der Waals surface area contributed by atoms with E-state index >= 15 is 0 Å². The molecule has 1 aromatic carbocycles. The summed E-state index contributed by atoms with van der Waals surface area (Å²) in [6.07, 6.45) is 0. The molecule has 0 aliphatic heterocycles. The minimum absolute atomic E-state index is 0.0166. The third-order valence-corrected chi connectivity index (χ3v) is 4.68. The Balaban J connectivity index is 2.19. The van der Waals surface area contributed by atoms with E-state index in [9.17, 15) is 4.79 Å². The van der Waals surface area contributed by atoms with Crippen LogP contribution >= 0.6 is 11.3 Å². The fourth-order valence-corrected chi connectivity index (χ4v) is 2.94. The third-order valence-electron chi connectivity index (χ3n) is 3.63. The van der Waals surface area contributed by atoms with Crippen LogP contribution in [0.25, 0.3) is 0 Å². The lowest BCUT2D eigenvalue weighted by Gasteiger charge is -2.25. The fraction of sp³-hybridized carbons (Fsp3) is 0.312. The molecule has 106 valence electrons. The van der Waals surface area contributed by atoms with E-state index in [1.807, 2.05) is 20.9 Å². The summed E-state index contributed by atoms with van der Waals surface area (Å²) in [5.74, 6) is 0.0166. The zero-order valence-electron chi connectivity index (χ0n) is 12.3. The van der Waals surface area contributed by atoms with Gasteiger partial charge in [-0.1, -0.05) is 29.8 Å². The van der Waals surface area contributed by atoms with Crippen molar-refractivity contribution in [2.75, 3.05) is 12.8 Å². The number of benzene rings is 1. The van der Waals surface area contributed by atoms with Crippen molar-refractivity contribution in [2.45, 2.75) is 26.8 Å². The molecular weight excluding hydrogens is 268 g/mol. The van der Waals surface area contributed by atoms with Gasteiger partial charge in [0.15, 0.2) is 0 Å². The Bertz CT molecular complexity index is 596. The molecule has 4 heteroatoms. The largest absolute Gasteiger partial charge is 0.398 e. The van der Waals surface area contributed by atoms with Crippen LogP contribution < -0.4 is 5.73 Å². The number of carbonyl (C=O) groups excluding carboxylic acids is 1. The van der Waals surface area contributed by atoms with E-state index in [-0.39, 0.29) is 11.9 Å². The van der Waals surface area contributed by atoms with Crippen LogP contribution in [-0.4, -0.2) is 17.9 Å². The summed E-state index contributed by atoms with van der Waals surface area (Å²) in [5.41, 5.74) is 8.86. The normalized spacial score (nSPS) is 12.2. The van der Waals surface area contributed by atoms with Crippen molar-refractivity contribution in [1.82, 2.24) is 4.90 Å². The lowest BCUT2D eigenvalue weighted by Crippen LogP contribution is -2.29. The molecule has 0 fully saturated rings. The molecule has 0 bridgehead atoms. The zero-order chi connectivity index (χ0) is 14.9. The van der Waals surface area contributed by atoms with Crippen molar-refractivity contribution >= 4 is 22.9 Å². The smallest absolute Gasteiger partial charge is 0.264 e. The van der Waals surface area contributed by atoms with Crippen LogP contribution in [0.2, 0.25) is 0 Å². The van der Waals surface area contributed by atoms with Crippen LogP contribution in [0, 0.1) is 13.8 Å². The second-order valence-electron chi connectivity index (χ2n) is 5.12. The molecule has 2 N–H and O–H groups in total. The average molecular weight is 288 g/mol. The van der Waals surface area contributed by atoms with Gasteiger partial charge >= 0.3 is 0 Å². The van der Waals surface area contributed by atoms with Crippen molar-refractivity contribution in [1.29, 1.82) is 0 Å². The first kappa shape index (κ1) is 14.6. The molecule has 0 saturated carbocycles. The van der Waals surface area contributed by atoms with E-state index in [1.54, 1.807) is 11.0 Å². The molecule has 1 heterocycles. The summed E-state index contributed by atoms with van der Waals surface area (Å²) < 4.78 is 0. The van der Waals surface area contributed by atoms with Crippen LogP contribution in [0.5, 0.6) is 0 Å². The Kier molecular flexibility index (Phi) is 4.14. The van der Waals surface area contributed by atoms with E-state index in [4.69, 9.17) is 5.73 Å². The van der Waals surface area contributed by atoms with Gasteiger partial charge in [-0.3, -0.25) is 4.79 Å². The maximum absolute atomic E-state index is 12.5. The standard InChI is InChI=1S/C16H20N2OS/c1-10-5-7-13(8-6-10)11(2)18(4)16(19)15-9-14(17)12(3)20-15/h5-9,11H,17H2,1-4H3. The van der Waals surface area contributed by atoms with Crippen LogP contribution in [0.4, 0.5) is 5.69 Å². The number of anilines is 1. The van der Waals surface area contributed by atoms with Crippen LogP contribution in [-0.2, 0) is 0 Å². The number of aryl methyl sites for hydroxylation is 2. The molecule has 2 aromatic rings. The number of rotatable bonds is 3. The number of thiophene rings is 1. The first-order chi connectivity index (χ1) is 9.40. The van der Waals surface area contributed by atoms with E-state index < -0.39 is 0 Å². The SMILES string of the molecule is Cc1ccc(C(C)N(C)C(=O)c2cc(N)c(C)s2)cc1. The lowest BCUT2D eigenvalue weighted by molar-refractivity contribution is 0.0747. The summed E-state index contributed by atoms with van der Waals surface area (Å²) in [5, 5.41) is 0. The minimum atomic E-state index is 0.0166. The van der Waals surface area contributed by atoms with Crippen molar-refractivity contribution < 1.29 is 4.79 Å². The molecule has 3 nitrogen and oxygen atoms in total. The molecule has 1 atom stereocenters. The summed E-state index contributed by atoms with van der Waals surface area (Å²) in [4.78, 5) is 15.9. The molecule has 2 rings (SSSR count). The number of hydrogen-bond acceptors (Lipinski definition) is 3. The van der Waals surface area contributed by atoms with Crippen molar-refractivity contribution in [3.05, 3.63) is 51.2 Å². The molecule has 20 heavy (non-hydrogen) atoms. The average Bonchev–Trinajstić information content (AvgIpc) is 2.77. The molecule has 1 aromatic heterocycles. The quantitative estimate of drug-likeness (QED) is 0.934. The predicted octanol–water partition coefficient (Wildman–Crippen LogP) is 3.78. The Morgan fingerprint density at radius 1 is 1.25 bits per heavy atom. The molecule has 1 unspecified atom stereocenters. The van der Waals surface area contributed by atoms with E-state index in [0.717, 1.165) is 10.4 Å². The van der Waals surface area contributed by atoms with E-state index in [0.29, 0.717) is 10.6 Å². The van der Waals surface area contributed by atoms with Crippen LogP contribution in [0.15, 0.2) is 30.3 Å². The number of nitrogens with zero attached hydrogens (tertiary/aromatic N) is 1. The van der Waals surface area contributed by atoms with Crippen molar-refractivity contribution in [2.24, 2.45) is 0 Å². The summed E-state index contributed by atoms with van der Waals surface area (Å²) in [6.45, 7) is 6.02. The highest BCUT2D eigenvalue weighted by Crippen LogP contribution is 2.27.